The van der Waals surface area contributed by atoms with Crippen molar-refractivity contribution in [2.24, 2.45) is 4.99 Å². The third kappa shape index (κ3) is 6.16. The Morgan fingerprint density at radius 2 is 1.78 bits per heavy atom. The van der Waals surface area contributed by atoms with Crippen molar-refractivity contribution in [3.05, 3.63) is 65.7 Å². The molecule has 0 spiro atoms. The van der Waals surface area contributed by atoms with E-state index in [-0.39, 0.29) is 11.9 Å². The van der Waals surface area contributed by atoms with Gasteiger partial charge in [0, 0.05) is 30.4 Å². The fraction of sp³-hybridized carbons (Fsp3) is 0.481. The van der Waals surface area contributed by atoms with Crippen molar-refractivity contribution in [2.75, 3.05) is 11.1 Å². The average molecular weight is 450 g/mol. The minimum absolute atomic E-state index is 0.0740. The zero-order chi connectivity index (χ0) is 22.3. The number of carbonyl (C=O) groups excluding carboxylic acids is 1. The highest BCUT2D eigenvalue weighted by Gasteiger charge is 2.32. The maximum Gasteiger partial charge on any atom is 0.226 e. The summed E-state index contributed by atoms with van der Waals surface area (Å²) in [6, 6.07) is 19.4. The molecule has 1 aliphatic carbocycles. The lowest BCUT2D eigenvalue weighted by molar-refractivity contribution is -0.116. The van der Waals surface area contributed by atoms with Crippen LogP contribution in [-0.4, -0.2) is 33.8 Å². The molecule has 32 heavy (non-hydrogen) atoms. The van der Waals surface area contributed by atoms with Crippen molar-refractivity contribution >= 4 is 28.5 Å². The summed E-state index contributed by atoms with van der Waals surface area (Å²) in [4.78, 5) is 20.4. The number of amides is 1. The number of nitrogens with one attached hydrogen (secondary N) is 1. The van der Waals surface area contributed by atoms with Crippen molar-refractivity contribution in [3.8, 4) is 0 Å². The van der Waals surface area contributed by atoms with E-state index in [0.29, 0.717) is 18.4 Å². The van der Waals surface area contributed by atoms with Gasteiger partial charge in [0.1, 0.15) is 0 Å². The second-order valence-corrected chi connectivity index (χ2v) is 10.3. The Kier molecular flexibility index (Phi) is 7.90. The van der Waals surface area contributed by atoms with E-state index >= 15 is 0 Å². The first-order valence-corrected chi connectivity index (χ1v) is 13.0. The van der Waals surface area contributed by atoms with Gasteiger partial charge >= 0.3 is 0 Å². The largest absolute Gasteiger partial charge is 0.343 e. The van der Waals surface area contributed by atoms with Crippen LogP contribution in [0, 0.1) is 0 Å². The molecule has 1 saturated heterocycles. The SMILES string of the molecule is CC(C)c1ccc(NC(=O)CC2CSC(=NC3CCCCC3)N2Cc2ccccc2)cc1. The van der Waals surface area contributed by atoms with Crippen LogP contribution < -0.4 is 5.32 Å². The third-order valence-electron chi connectivity index (χ3n) is 6.44. The molecule has 0 aromatic heterocycles. The number of nitrogens with zero attached hydrogens (tertiary/aromatic N) is 2. The first-order valence-electron chi connectivity index (χ1n) is 12.0. The highest BCUT2D eigenvalue weighted by molar-refractivity contribution is 8.14. The maximum absolute atomic E-state index is 12.9. The number of hydrogen-bond donors (Lipinski definition) is 1. The molecule has 0 radical (unpaired) electrons. The summed E-state index contributed by atoms with van der Waals surface area (Å²) in [5.74, 6) is 1.48. The predicted octanol–water partition coefficient (Wildman–Crippen LogP) is 6.44. The smallest absolute Gasteiger partial charge is 0.226 e. The lowest BCUT2D eigenvalue weighted by Crippen LogP contribution is -2.37. The van der Waals surface area contributed by atoms with Crippen LogP contribution in [0.3, 0.4) is 0 Å². The van der Waals surface area contributed by atoms with Crippen LogP contribution in [0.25, 0.3) is 0 Å². The van der Waals surface area contributed by atoms with E-state index in [1.807, 2.05) is 23.9 Å². The first-order chi connectivity index (χ1) is 15.6. The Morgan fingerprint density at radius 3 is 2.47 bits per heavy atom. The molecule has 5 heteroatoms. The molecule has 2 aromatic rings. The van der Waals surface area contributed by atoms with Gasteiger partial charge in [0.25, 0.3) is 0 Å². The van der Waals surface area contributed by atoms with E-state index in [2.05, 4.69) is 66.5 Å². The van der Waals surface area contributed by atoms with Gasteiger partial charge in [-0.1, -0.05) is 87.3 Å². The minimum Gasteiger partial charge on any atom is -0.343 e. The summed E-state index contributed by atoms with van der Waals surface area (Å²) in [6.45, 7) is 5.17. The van der Waals surface area contributed by atoms with E-state index in [1.165, 1.54) is 43.2 Å². The Labute approximate surface area is 196 Å². The first kappa shape index (κ1) is 22.9. The number of hydrogen-bond acceptors (Lipinski definition) is 3. The molecule has 1 heterocycles. The Hall–Kier alpha value is -2.27. The minimum atomic E-state index is 0.0740. The Balaban J connectivity index is 1.44. The zero-order valence-electron chi connectivity index (χ0n) is 19.3. The number of benzene rings is 2. The highest BCUT2D eigenvalue weighted by atomic mass is 32.2. The van der Waals surface area contributed by atoms with Crippen LogP contribution >= 0.6 is 11.8 Å². The molecule has 2 aliphatic rings. The van der Waals surface area contributed by atoms with Crippen LogP contribution in [0.2, 0.25) is 0 Å². The van der Waals surface area contributed by atoms with Crippen molar-refractivity contribution in [3.63, 3.8) is 0 Å². The van der Waals surface area contributed by atoms with Crippen LogP contribution in [0.5, 0.6) is 0 Å². The summed E-state index contributed by atoms with van der Waals surface area (Å²) in [7, 11) is 0. The van der Waals surface area contributed by atoms with E-state index in [1.54, 1.807) is 0 Å². The van der Waals surface area contributed by atoms with Crippen molar-refractivity contribution in [1.29, 1.82) is 0 Å². The van der Waals surface area contributed by atoms with Gasteiger partial charge < -0.3 is 10.2 Å². The lowest BCUT2D eigenvalue weighted by Gasteiger charge is -2.27. The van der Waals surface area contributed by atoms with Crippen LogP contribution in [0.4, 0.5) is 5.69 Å². The number of rotatable bonds is 7. The Morgan fingerprint density at radius 1 is 1.06 bits per heavy atom. The van der Waals surface area contributed by atoms with Gasteiger partial charge in [-0.05, 0) is 42.0 Å². The Bertz CT molecular complexity index is 904. The summed E-state index contributed by atoms with van der Waals surface area (Å²) in [5, 5.41) is 4.23. The summed E-state index contributed by atoms with van der Waals surface area (Å²) in [6.07, 6.45) is 6.78. The molecular weight excluding hydrogens is 414 g/mol. The summed E-state index contributed by atoms with van der Waals surface area (Å²) < 4.78 is 0. The molecule has 1 aliphatic heterocycles. The molecule has 1 unspecified atom stereocenters. The number of aliphatic imine (C=N–C) groups is 1. The fourth-order valence-corrected chi connectivity index (χ4v) is 5.74. The summed E-state index contributed by atoms with van der Waals surface area (Å²) >= 11 is 1.82. The molecule has 170 valence electrons. The van der Waals surface area contributed by atoms with Crippen molar-refractivity contribution in [1.82, 2.24) is 4.90 Å². The zero-order valence-corrected chi connectivity index (χ0v) is 20.1. The third-order valence-corrected chi connectivity index (χ3v) is 7.59. The maximum atomic E-state index is 12.9. The molecule has 2 fully saturated rings. The molecule has 0 bridgehead atoms. The van der Waals surface area contributed by atoms with Gasteiger partial charge in [-0.15, -0.1) is 0 Å². The second-order valence-electron chi connectivity index (χ2n) is 9.31. The number of carbonyl (C=O) groups is 1. The molecule has 4 rings (SSSR count). The monoisotopic (exact) mass is 449 g/mol. The van der Waals surface area contributed by atoms with E-state index in [9.17, 15) is 4.79 Å². The van der Waals surface area contributed by atoms with Crippen LogP contribution in [0.15, 0.2) is 59.6 Å². The molecule has 4 nitrogen and oxygen atoms in total. The predicted molar refractivity (Wildman–Crippen MR) is 136 cm³/mol. The molecule has 1 atom stereocenters. The van der Waals surface area contributed by atoms with Gasteiger partial charge in [0.2, 0.25) is 5.91 Å². The van der Waals surface area contributed by atoms with Gasteiger partial charge in [-0.3, -0.25) is 9.79 Å². The number of anilines is 1. The second kappa shape index (κ2) is 11.0. The topological polar surface area (TPSA) is 44.7 Å². The van der Waals surface area contributed by atoms with E-state index < -0.39 is 0 Å². The normalized spacial score (nSPS) is 20.8. The molecule has 1 N–H and O–H groups in total. The molecule has 1 saturated carbocycles. The van der Waals surface area contributed by atoms with Crippen LogP contribution in [0.1, 0.15) is 69.4 Å². The van der Waals surface area contributed by atoms with Crippen molar-refractivity contribution in [2.45, 2.75) is 76.9 Å². The molecular formula is C27H35N3OS. The van der Waals surface area contributed by atoms with Gasteiger partial charge in [0.15, 0.2) is 5.17 Å². The number of thioether (sulfide) groups is 1. The fourth-order valence-electron chi connectivity index (χ4n) is 4.50. The lowest BCUT2D eigenvalue weighted by atomic mass is 9.96. The number of amidine groups is 1. The van der Waals surface area contributed by atoms with E-state index in [4.69, 9.17) is 4.99 Å². The van der Waals surface area contributed by atoms with Crippen molar-refractivity contribution < 1.29 is 4.79 Å². The van der Waals surface area contributed by atoms with Gasteiger partial charge in [0.05, 0.1) is 6.04 Å². The quantitative estimate of drug-likeness (QED) is 0.529. The van der Waals surface area contributed by atoms with Gasteiger partial charge in [-0.2, -0.15) is 0 Å². The summed E-state index contributed by atoms with van der Waals surface area (Å²) in [5.41, 5.74) is 3.42. The average Bonchev–Trinajstić information content (AvgIpc) is 3.16. The van der Waals surface area contributed by atoms with E-state index in [0.717, 1.165) is 23.2 Å². The molecule has 1 amide bonds. The molecule has 2 aromatic carbocycles. The van der Waals surface area contributed by atoms with Gasteiger partial charge in [-0.25, -0.2) is 0 Å². The standard InChI is InChI=1S/C27H35N3OS/c1-20(2)22-13-15-24(16-14-22)28-26(31)17-25-19-32-27(29-23-11-7-4-8-12-23)30(25)18-21-9-5-3-6-10-21/h3,5-6,9-10,13-16,20,23,25H,4,7-8,11-12,17-19H2,1-2H3,(H,28,31). The highest BCUT2D eigenvalue weighted by Crippen LogP contribution is 2.31. The van der Waals surface area contributed by atoms with Crippen LogP contribution in [-0.2, 0) is 11.3 Å².